The van der Waals surface area contributed by atoms with Crippen LogP contribution in [-0.2, 0) is 11.3 Å². The number of amides is 2. The Hall–Kier alpha value is -4.83. The van der Waals surface area contributed by atoms with Crippen molar-refractivity contribution in [2.45, 2.75) is 25.4 Å². The molecule has 10 nitrogen and oxygen atoms in total. The van der Waals surface area contributed by atoms with Gasteiger partial charge in [0.25, 0.3) is 5.56 Å². The molecule has 214 valence electrons. The highest BCUT2D eigenvalue weighted by molar-refractivity contribution is 5.89. The molecule has 0 aliphatic heterocycles. The molecule has 2 atom stereocenters. The second-order valence-corrected chi connectivity index (χ2v) is 9.97. The van der Waals surface area contributed by atoms with Crippen molar-refractivity contribution in [3.8, 4) is 5.75 Å². The van der Waals surface area contributed by atoms with E-state index in [0.29, 0.717) is 41.2 Å². The first-order valence-electron chi connectivity index (χ1n) is 13.2. The first-order valence-corrected chi connectivity index (χ1v) is 13.2. The molecule has 10 heteroatoms. The van der Waals surface area contributed by atoms with Crippen LogP contribution in [0.5, 0.6) is 5.75 Å². The number of aromatic nitrogens is 1. The summed E-state index contributed by atoms with van der Waals surface area (Å²) in [5, 5.41) is 20.3. The smallest absolute Gasteiger partial charge is 0.330 e. The number of aliphatic carboxylic acids is 1. The van der Waals surface area contributed by atoms with E-state index in [1.165, 1.54) is 7.11 Å². The van der Waals surface area contributed by atoms with Crippen molar-refractivity contribution < 1.29 is 19.4 Å². The van der Waals surface area contributed by atoms with Gasteiger partial charge in [-0.1, -0.05) is 37.3 Å². The lowest BCUT2D eigenvalue weighted by Crippen LogP contribution is -2.34. The van der Waals surface area contributed by atoms with Crippen LogP contribution in [0.2, 0.25) is 0 Å². The van der Waals surface area contributed by atoms with Gasteiger partial charge >= 0.3 is 12.0 Å². The van der Waals surface area contributed by atoms with Crippen molar-refractivity contribution in [3.05, 3.63) is 100.0 Å². The Labute approximate surface area is 238 Å². The third kappa shape index (κ3) is 7.03. The monoisotopic (exact) mass is 557 g/mol. The van der Waals surface area contributed by atoms with Crippen LogP contribution in [0, 0.1) is 0 Å². The Morgan fingerprint density at radius 1 is 1.05 bits per heavy atom. The Balaban J connectivity index is 1.49. The molecule has 0 saturated heterocycles. The lowest BCUT2D eigenvalue weighted by atomic mass is 9.95. The largest absolute Gasteiger partial charge is 0.496 e. The number of aromatic amines is 1. The molecule has 1 unspecified atom stereocenters. The number of carbonyl (C=O) groups is 2. The van der Waals surface area contributed by atoms with Gasteiger partial charge in [-0.25, -0.2) is 9.59 Å². The van der Waals surface area contributed by atoms with Gasteiger partial charge in [0.1, 0.15) is 5.75 Å². The van der Waals surface area contributed by atoms with Gasteiger partial charge in [0, 0.05) is 49.0 Å². The molecule has 3 aromatic carbocycles. The minimum absolute atomic E-state index is 0.103. The summed E-state index contributed by atoms with van der Waals surface area (Å²) in [6.45, 7) is 3.09. The molecule has 0 aliphatic rings. The molecular weight excluding hydrogens is 522 g/mol. The van der Waals surface area contributed by atoms with E-state index in [-0.39, 0.29) is 17.5 Å². The second-order valence-electron chi connectivity index (χ2n) is 9.97. The van der Waals surface area contributed by atoms with Crippen LogP contribution in [0.1, 0.15) is 35.6 Å². The zero-order chi connectivity index (χ0) is 29.5. The van der Waals surface area contributed by atoms with Crippen molar-refractivity contribution in [1.29, 1.82) is 0 Å². The van der Waals surface area contributed by atoms with Crippen LogP contribution >= 0.6 is 0 Å². The van der Waals surface area contributed by atoms with Crippen LogP contribution in [0.4, 0.5) is 16.2 Å². The molecule has 1 heterocycles. The van der Waals surface area contributed by atoms with E-state index < -0.39 is 12.0 Å². The molecule has 0 saturated carbocycles. The van der Waals surface area contributed by atoms with E-state index in [2.05, 4.69) is 20.9 Å². The fourth-order valence-corrected chi connectivity index (χ4v) is 4.82. The summed E-state index contributed by atoms with van der Waals surface area (Å²) < 4.78 is 5.64. The van der Waals surface area contributed by atoms with Crippen LogP contribution in [0.25, 0.3) is 10.8 Å². The number of nitrogens with one attached hydrogen (secondary N) is 4. The molecule has 0 spiro atoms. The number of anilines is 2. The molecule has 0 aliphatic carbocycles. The summed E-state index contributed by atoms with van der Waals surface area (Å²) in [5.41, 5.74) is 3.36. The average molecular weight is 558 g/mol. The average Bonchev–Trinajstić information content (AvgIpc) is 2.96. The lowest BCUT2D eigenvalue weighted by Gasteiger charge is -2.24. The van der Waals surface area contributed by atoms with Crippen molar-refractivity contribution in [2.24, 2.45) is 0 Å². The Morgan fingerprint density at radius 3 is 2.59 bits per heavy atom. The van der Waals surface area contributed by atoms with Crippen LogP contribution in [-0.4, -0.2) is 54.7 Å². The quantitative estimate of drug-likeness (QED) is 0.179. The maximum atomic E-state index is 12.9. The summed E-state index contributed by atoms with van der Waals surface area (Å²) in [7, 11) is 5.12. The van der Waals surface area contributed by atoms with Crippen LogP contribution in [0.3, 0.4) is 0 Å². The molecule has 2 amide bonds. The second kappa shape index (κ2) is 13.0. The number of ether oxygens (including phenoxy) is 1. The number of pyridine rings is 1. The van der Waals surface area contributed by atoms with Gasteiger partial charge in [-0.2, -0.15) is 0 Å². The maximum Gasteiger partial charge on any atom is 0.330 e. The van der Waals surface area contributed by atoms with Gasteiger partial charge in [0.05, 0.1) is 7.11 Å². The summed E-state index contributed by atoms with van der Waals surface area (Å²) in [5.74, 6) is -0.662. The third-order valence-electron chi connectivity index (χ3n) is 6.91. The Morgan fingerprint density at radius 2 is 1.85 bits per heavy atom. The van der Waals surface area contributed by atoms with E-state index in [0.717, 1.165) is 16.5 Å². The molecule has 0 radical (unpaired) electrons. The van der Waals surface area contributed by atoms with Crippen molar-refractivity contribution in [2.75, 3.05) is 38.4 Å². The molecule has 41 heavy (non-hydrogen) atoms. The Bertz CT molecular complexity index is 1600. The maximum absolute atomic E-state index is 12.9. The number of hydrogen-bond acceptors (Lipinski definition) is 6. The standard InChI is InChI=1S/C31H35N5O5/c1-19(18-36(3)31(40)35-23-7-5-6-20(14-23)17-32-2)25-11-9-22(15-27(25)41-4)28(30(38)39)34-24-10-8-21-12-13-33-29(37)26(21)16-24/h5-16,19,28,32,34H,17-18H2,1-4H3,(H,33,37)(H,35,40)(H,38,39)/t19-,28?/m0/s1. The minimum Gasteiger partial charge on any atom is -0.496 e. The normalized spacial score (nSPS) is 12.4. The number of carbonyl (C=O) groups excluding carboxylic acids is 1. The van der Waals surface area contributed by atoms with Crippen molar-refractivity contribution in [1.82, 2.24) is 15.2 Å². The van der Waals surface area contributed by atoms with E-state index in [1.807, 2.05) is 44.3 Å². The molecular formula is C31H35N5O5. The molecule has 0 bridgehead atoms. The lowest BCUT2D eigenvalue weighted by molar-refractivity contribution is -0.138. The minimum atomic E-state index is -1.08. The van der Waals surface area contributed by atoms with Crippen molar-refractivity contribution >= 4 is 34.1 Å². The van der Waals surface area contributed by atoms with E-state index in [1.54, 1.807) is 54.5 Å². The number of hydrogen-bond donors (Lipinski definition) is 5. The summed E-state index contributed by atoms with van der Waals surface area (Å²) >= 11 is 0. The first kappa shape index (κ1) is 29.2. The number of fused-ring (bicyclic) bond motifs is 1. The topological polar surface area (TPSA) is 136 Å². The highest BCUT2D eigenvalue weighted by atomic mass is 16.5. The van der Waals surface area contributed by atoms with E-state index in [4.69, 9.17) is 4.74 Å². The molecule has 1 aromatic heterocycles. The van der Waals surface area contributed by atoms with Gasteiger partial charge in [0.2, 0.25) is 0 Å². The summed E-state index contributed by atoms with van der Waals surface area (Å²) in [4.78, 5) is 41.6. The predicted octanol–water partition coefficient (Wildman–Crippen LogP) is 4.76. The number of benzene rings is 3. The van der Waals surface area contributed by atoms with Gasteiger partial charge in [0.15, 0.2) is 6.04 Å². The van der Waals surface area contributed by atoms with Crippen LogP contribution < -0.4 is 26.2 Å². The number of carboxylic acid groups (broad SMARTS) is 1. The number of methoxy groups -OCH3 is 1. The fraction of sp³-hybridized carbons (Fsp3) is 0.258. The number of H-pyrrole nitrogens is 1. The SMILES string of the molecule is CNCc1cccc(NC(=O)N(C)C[C@H](C)c2ccc(C(Nc3ccc4cc[nH]c(=O)c4c3)C(=O)O)cc2OC)c1. The van der Waals surface area contributed by atoms with E-state index in [9.17, 15) is 19.5 Å². The fourth-order valence-electron chi connectivity index (χ4n) is 4.82. The molecule has 4 rings (SSSR count). The number of rotatable bonds is 11. The molecule has 4 aromatic rings. The summed E-state index contributed by atoms with van der Waals surface area (Å²) in [6.07, 6.45) is 1.57. The predicted molar refractivity (Wildman–Crippen MR) is 161 cm³/mol. The number of nitrogens with zero attached hydrogens (tertiary/aromatic N) is 1. The van der Waals surface area contributed by atoms with Crippen molar-refractivity contribution in [3.63, 3.8) is 0 Å². The highest BCUT2D eigenvalue weighted by Gasteiger charge is 2.23. The number of urea groups is 1. The number of likely N-dealkylation sites (N-methyl/N-ethyl adjacent to an activating group) is 1. The van der Waals surface area contributed by atoms with Gasteiger partial charge in [-0.3, -0.25) is 4.79 Å². The zero-order valence-corrected chi connectivity index (χ0v) is 23.5. The Kier molecular flexibility index (Phi) is 9.26. The van der Waals surface area contributed by atoms with Gasteiger partial charge in [-0.05, 0) is 65.5 Å². The van der Waals surface area contributed by atoms with Gasteiger partial charge < -0.3 is 35.7 Å². The first-order chi connectivity index (χ1) is 19.7. The molecule has 0 fully saturated rings. The summed E-state index contributed by atoms with van der Waals surface area (Å²) in [6, 6.07) is 18.5. The van der Waals surface area contributed by atoms with Crippen LogP contribution in [0.15, 0.2) is 77.7 Å². The molecule has 5 N–H and O–H groups in total. The number of carboxylic acids is 1. The zero-order valence-electron chi connectivity index (χ0n) is 23.5. The highest BCUT2D eigenvalue weighted by Crippen LogP contribution is 2.32. The van der Waals surface area contributed by atoms with E-state index >= 15 is 0 Å². The van der Waals surface area contributed by atoms with Gasteiger partial charge in [-0.15, -0.1) is 0 Å². The third-order valence-corrected chi connectivity index (χ3v) is 6.91.